The molecule has 0 aliphatic rings. The van der Waals surface area contributed by atoms with Crippen LogP contribution in [-0.2, 0) is 16.8 Å². The SMILES string of the molecule is CC[N-]C(CC)CC(CC)[N-]CC.CC[N-]C[N-]C(C)(C)C.[Co]. The average Bonchev–Trinajstić information content (AvgIpc) is 2.45. The molecule has 0 aliphatic heterocycles. The Morgan fingerprint density at radius 1 is 0.739 bits per heavy atom. The van der Waals surface area contributed by atoms with Gasteiger partial charge in [-0.05, 0) is 0 Å². The Balaban J connectivity index is -0.000000354. The van der Waals surface area contributed by atoms with Crippen LogP contribution in [0.4, 0.5) is 0 Å². The summed E-state index contributed by atoms with van der Waals surface area (Å²) in [7, 11) is 0. The minimum Gasteiger partial charge on any atom is -0.681 e. The van der Waals surface area contributed by atoms with Gasteiger partial charge in [0.05, 0.1) is 0 Å². The Bertz CT molecular complexity index is 208. The zero-order chi connectivity index (χ0) is 17.4. The van der Waals surface area contributed by atoms with Gasteiger partial charge in [0, 0.05) is 16.8 Å². The fraction of sp³-hybridized carbons (Fsp3) is 1.00. The first-order valence-corrected chi connectivity index (χ1v) is 8.99. The molecule has 0 saturated heterocycles. The first-order valence-electron chi connectivity index (χ1n) is 8.99. The largest absolute Gasteiger partial charge is 0.681 e. The summed E-state index contributed by atoms with van der Waals surface area (Å²) in [6, 6.07) is 1.07. The second kappa shape index (κ2) is 18.7. The average molecular weight is 371 g/mol. The first kappa shape index (κ1) is 28.2. The number of nitrogens with zero attached hydrogens (tertiary/aromatic N) is 4. The molecule has 0 aliphatic carbocycles. The third-order valence-corrected chi connectivity index (χ3v) is 3.24. The van der Waals surface area contributed by atoms with Crippen LogP contribution in [0.1, 0.15) is 74.7 Å². The van der Waals surface area contributed by atoms with Crippen LogP contribution in [0.2, 0.25) is 0 Å². The summed E-state index contributed by atoms with van der Waals surface area (Å²) >= 11 is 0. The smallest absolute Gasteiger partial charge is 0 e. The molecule has 4 nitrogen and oxygen atoms in total. The molecule has 0 fully saturated rings. The Morgan fingerprint density at radius 2 is 1.17 bits per heavy atom. The van der Waals surface area contributed by atoms with Crippen molar-refractivity contribution in [3.05, 3.63) is 21.3 Å². The third kappa shape index (κ3) is 22.3. The Kier molecular flexibility index (Phi) is 22.9. The van der Waals surface area contributed by atoms with Crippen molar-refractivity contribution >= 4 is 0 Å². The quantitative estimate of drug-likeness (QED) is 0.387. The van der Waals surface area contributed by atoms with Gasteiger partial charge in [0.15, 0.2) is 0 Å². The molecule has 145 valence electrons. The van der Waals surface area contributed by atoms with E-state index in [4.69, 9.17) is 0 Å². The predicted molar refractivity (Wildman–Crippen MR) is 102 cm³/mol. The molecular weight excluding hydrogens is 331 g/mol. The fourth-order valence-corrected chi connectivity index (χ4v) is 1.93. The maximum absolute atomic E-state index is 4.55. The monoisotopic (exact) mass is 371 g/mol. The van der Waals surface area contributed by atoms with Crippen LogP contribution in [0.5, 0.6) is 0 Å². The predicted octanol–water partition coefficient (Wildman–Crippen LogP) is 6.23. The van der Waals surface area contributed by atoms with E-state index in [0.29, 0.717) is 18.8 Å². The molecular formula is C18H40CoN4-4. The first-order chi connectivity index (χ1) is 10.3. The van der Waals surface area contributed by atoms with Crippen LogP contribution < -0.4 is 0 Å². The molecule has 0 aromatic heterocycles. The molecule has 0 amide bonds. The van der Waals surface area contributed by atoms with Crippen molar-refractivity contribution in [2.45, 2.75) is 92.3 Å². The second-order valence-corrected chi connectivity index (χ2v) is 6.37. The van der Waals surface area contributed by atoms with Gasteiger partial charge in [0.25, 0.3) is 0 Å². The molecule has 0 saturated carbocycles. The summed E-state index contributed by atoms with van der Waals surface area (Å²) in [4.78, 5) is 0. The van der Waals surface area contributed by atoms with E-state index >= 15 is 0 Å². The van der Waals surface area contributed by atoms with Gasteiger partial charge in [-0.3, -0.25) is 6.67 Å². The van der Waals surface area contributed by atoms with Gasteiger partial charge >= 0.3 is 0 Å². The minimum absolute atomic E-state index is 0. The minimum atomic E-state index is 0. The van der Waals surface area contributed by atoms with E-state index in [1.807, 2.05) is 6.92 Å². The maximum atomic E-state index is 4.55. The molecule has 1 radical (unpaired) electrons. The topological polar surface area (TPSA) is 56.4 Å². The third-order valence-electron chi connectivity index (χ3n) is 3.24. The van der Waals surface area contributed by atoms with Crippen LogP contribution >= 0.6 is 0 Å². The van der Waals surface area contributed by atoms with Gasteiger partial charge in [0.2, 0.25) is 0 Å². The van der Waals surface area contributed by atoms with Crippen molar-refractivity contribution in [1.82, 2.24) is 0 Å². The summed E-state index contributed by atoms with van der Waals surface area (Å²) < 4.78 is 0. The summed E-state index contributed by atoms with van der Waals surface area (Å²) in [6.07, 6.45) is 3.46. The Labute approximate surface area is 156 Å². The van der Waals surface area contributed by atoms with Crippen LogP contribution in [0.25, 0.3) is 21.3 Å². The van der Waals surface area contributed by atoms with E-state index in [2.05, 4.69) is 69.7 Å². The van der Waals surface area contributed by atoms with E-state index in [-0.39, 0.29) is 22.3 Å². The van der Waals surface area contributed by atoms with E-state index < -0.39 is 0 Å². The van der Waals surface area contributed by atoms with Gasteiger partial charge in [-0.2, -0.15) is 19.6 Å². The molecule has 23 heavy (non-hydrogen) atoms. The number of rotatable bonds is 11. The van der Waals surface area contributed by atoms with Gasteiger partial charge in [-0.15, -0.1) is 17.6 Å². The standard InChI is InChI=1S/C11H24N2.C7H16N2.Co/c1-5-10(12-7-3)9-11(6-2)13-8-4;1-5-8-6-9-7(2,3)4;/h10-11H,5-9H2,1-4H3;5-6H2,1-4H3;/q2*-2;. The van der Waals surface area contributed by atoms with Crippen molar-refractivity contribution in [3.63, 3.8) is 0 Å². The van der Waals surface area contributed by atoms with Crippen LogP contribution in [0.3, 0.4) is 0 Å². The fourth-order valence-electron chi connectivity index (χ4n) is 1.93. The van der Waals surface area contributed by atoms with Crippen molar-refractivity contribution in [2.75, 3.05) is 26.3 Å². The van der Waals surface area contributed by atoms with Crippen molar-refractivity contribution < 1.29 is 16.8 Å². The molecule has 0 aromatic rings. The van der Waals surface area contributed by atoms with Gasteiger partial charge in [-0.1, -0.05) is 74.7 Å². The Morgan fingerprint density at radius 3 is 1.43 bits per heavy atom. The molecule has 0 spiro atoms. The van der Waals surface area contributed by atoms with Crippen LogP contribution in [0, 0.1) is 0 Å². The van der Waals surface area contributed by atoms with E-state index in [0.717, 1.165) is 38.9 Å². The van der Waals surface area contributed by atoms with E-state index in [1.54, 1.807) is 0 Å². The molecule has 5 heteroatoms. The number of hydrogen-bond acceptors (Lipinski definition) is 0. The van der Waals surface area contributed by atoms with E-state index in [9.17, 15) is 0 Å². The summed E-state index contributed by atoms with van der Waals surface area (Å²) in [5, 5.41) is 17.5. The molecule has 0 bridgehead atoms. The normalized spacial score (nSPS) is 13.6. The van der Waals surface area contributed by atoms with Crippen LogP contribution in [-0.4, -0.2) is 43.9 Å². The van der Waals surface area contributed by atoms with Crippen molar-refractivity contribution in [3.8, 4) is 0 Å². The van der Waals surface area contributed by atoms with Crippen LogP contribution in [0.15, 0.2) is 0 Å². The molecule has 2 atom stereocenters. The summed E-state index contributed by atoms with van der Waals surface area (Å²) in [6.45, 7) is 20.3. The summed E-state index contributed by atoms with van der Waals surface area (Å²) in [5.41, 5.74) is 0.0820. The van der Waals surface area contributed by atoms with E-state index in [1.165, 1.54) is 0 Å². The second-order valence-electron chi connectivity index (χ2n) is 6.37. The zero-order valence-corrected chi connectivity index (χ0v) is 17.8. The molecule has 0 rings (SSSR count). The van der Waals surface area contributed by atoms with Crippen molar-refractivity contribution in [2.24, 2.45) is 0 Å². The maximum Gasteiger partial charge on any atom is 0 e. The number of hydrogen-bond donors (Lipinski definition) is 0. The van der Waals surface area contributed by atoms with Gasteiger partial charge < -0.3 is 21.3 Å². The molecule has 2 unspecified atom stereocenters. The van der Waals surface area contributed by atoms with Crippen molar-refractivity contribution in [1.29, 1.82) is 0 Å². The molecule has 0 N–H and O–H groups in total. The van der Waals surface area contributed by atoms with Gasteiger partial charge in [-0.25, -0.2) is 0 Å². The zero-order valence-electron chi connectivity index (χ0n) is 16.7. The molecule has 0 heterocycles. The Hall–Kier alpha value is 0.346. The molecule has 0 aromatic carbocycles. The van der Waals surface area contributed by atoms with Gasteiger partial charge in [0.1, 0.15) is 0 Å². The summed E-state index contributed by atoms with van der Waals surface area (Å²) in [5.74, 6) is 0.